The fraction of sp³-hybridized carbons (Fsp3) is 0.167. The summed E-state index contributed by atoms with van der Waals surface area (Å²) in [7, 11) is 0. The zero-order chi connectivity index (χ0) is 19.4. The maximum absolute atomic E-state index is 12.6. The molecule has 27 heavy (non-hydrogen) atoms. The molecule has 2 amide bonds. The van der Waals surface area contributed by atoms with Gasteiger partial charge in [0, 0.05) is 12.5 Å². The number of pyridine rings is 1. The third-order valence-electron chi connectivity index (χ3n) is 3.62. The van der Waals surface area contributed by atoms with E-state index in [-0.39, 0.29) is 23.9 Å². The van der Waals surface area contributed by atoms with Crippen molar-refractivity contribution in [3.8, 4) is 17.0 Å². The second-order valence-corrected chi connectivity index (χ2v) is 5.69. The van der Waals surface area contributed by atoms with E-state index in [1.54, 1.807) is 32.0 Å². The lowest BCUT2D eigenvalue weighted by Gasteiger charge is -2.13. The highest BCUT2D eigenvalue weighted by Gasteiger charge is 2.19. The molecule has 3 aromatic rings. The second-order valence-electron chi connectivity index (χ2n) is 5.69. The summed E-state index contributed by atoms with van der Waals surface area (Å²) in [5.41, 5.74) is 6.85. The van der Waals surface area contributed by atoms with Gasteiger partial charge in [-0.3, -0.25) is 4.79 Å². The Morgan fingerprint density at radius 1 is 1.19 bits per heavy atom. The van der Waals surface area contributed by atoms with E-state index in [2.05, 4.69) is 20.5 Å². The van der Waals surface area contributed by atoms with E-state index in [9.17, 15) is 9.59 Å². The van der Waals surface area contributed by atoms with Gasteiger partial charge in [0.15, 0.2) is 5.75 Å². The van der Waals surface area contributed by atoms with E-state index >= 15 is 0 Å². The van der Waals surface area contributed by atoms with Crippen LogP contribution in [0.25, 0.3) is 11.3 Å². The number of primary amides is 1. The first-order chi connectivity index (χ1) is 12.9. The van der Waals surface area contributed by atoms with Crippen molar-refractivity contribution in [3.63, 3.8) is 0 Å². The zero-order valence-electron chi connectivity index (χ0n) is 14.7. The lowest BCUT2D eigenvalue weighted by Crippen LogP contribution is -2.25. The fourth-order valence-electron chi connectivity index (χ4n) is 2.46. The minimum atomic E-state index is -0.961. The number of nitrogens with two attached hydrogens (primary N) is 1. The van der Waals surface area contributed by atoms with E-state index in [0.29, 0.717) is 22.7 Å². The first-order valence-corrected chi connectivity index (χ1v) is 8.05. The van der Waals surface area contributed by atoms with Gasteiger partial charge in [-0.2, -0.15) is 0 Å². The molecule has 0 atom stereocenters. The molecule has 3 rings (SSSR count). The minimum Gasteiger partial charge on any atom is -0.424 e. The third-order valence-corrected chi connectivity index (χ3v) is 3.62. The standard InChI is InChI=1S/C18H17N5O4/c1-10-8-13(27-18(19)25)16(12-6-4-3-5-7-12)21-15(10)17(24)20-9-14-23-22-11(2)26-14/h3-8H,9H2,1-2H3,(H2,19,25)(H,20,24). The summed E-state index contributed by atoms with van der Waals surface area (Å²) in [6, 6.07) is 10.6. The molecule has 2 aromatic heterocycles. The number of ether oxygens (including phenoxy) is 1. The van der Waals surface area contributed by atoms with Crippen LogP contribution in [-0.4, -0.2) is 27.2 Å². The van der Waals surface area contributed by atoms with Crippen molar-refractivity contribution in [3.05, 3.63) is 59.4 Å². The number of hydrogen-bond acceptors (Lipinski definition) is 7. The molecule has 3 N–H and O–H groups in total. The Bertz CT molecular complexity index is 985. The number of amides is 2. The van der Waals surface area contributed by atoms with E-state index in [4.69, 9.17) is 14.9 Å². The molecule has 0 fully saturated rings. The second kappa shape index (κ2) is 7.65. The molecule has 9 nitrogen and oxygen atoms in total. The molecule has 138 valence electrons. The quantitative estimate of drug-likeness (QED) is 0.705. The summed E-state index contributed by atoms with van der Waals surface area (Å²) in [4.78, 5) is 28.2. The third kappa shape index (κ3) is 4.27. The first kappa shape index (κ1) is 18.1. The van der Waals surface area contributed by atoms with E-state index < -0.39 is 12.0 Å². The summed E-state index contributed by atoms with van der Waals surface area (Å²) < 4.78 is 10.3. The van der Waals surface area contributed by atoms with Gasteiger partial charge in [-0.1, -0.05) is 30.3 Å². The van der Waals surface area contributed by atoms with Crippen LogP contribution in [0.1, 0.15) is 27.8 Å². The molecule has 0 spiro atoms. The number of aryl methyl sites for hydroxylation is 2. The molecule has 0 aliphatic carbocycles. The monoisotopic (exact) mass is 367 g/mol. The van der Waals surface area contributed by atoms with Crippen LogP contribution in [0.4, 0.5) is 4.79 Å². The Morgan fingerprint density at radius 2 is 1.93 bits per heavy atom. The van der Waals surface area contributed by atoms with Gasteiger partial charge in [0.25, 0.3) is 5.91 Å². The smallest absolute Gasteiger partial charge is 0.410 e. The largest absolute Gasteiger partial charge is 0.424 e. The van der Waals surface area contributed by atoms with Gasteiger partial charge in [0.2, 0.25) is 11.8 Å². The maximum Gasteiger partial charge on any atom is 0.410 e. The minimum absolute atomic E-state index is 0.0704. The summed E-state index contributed by atoms with van der Waals surface area (Å²) in [5, 5.41) is 10.2. The van der Waals surface area contributed by atoms with Crippen molar-refractivity contribution in [2.24, 2.45) is 5.73 Å². The topological polar surface area (TPSA) is 133 Å². The van der Waals surface area contributed by atoms with Crippen LogP contribution >= 0.6 is 0 Å². The zero-order valence-corrected chi connectivity index (χ0v) is 14.7. The molecule has 9 heteroatoms. The SMILES string of the molecule is Cc1nnc(CNC(=O)c2nc(-c3ccccc3)c(OC(N)=O)cc2C)o1. The molecule has 0 aliphatic heterocycles. The number of nitrogens with one attached hydrogen (secondary N) is 1. The molecule has 0 saturated carbocycles. The predicted molar refractivity (Wildman–Crippen MR) is 94.8 cm³/mol. The number of carbonyl (C=O) groups is 2. The van der Waals surface area contributed by atoms with Gasteiger partial charge < -0.3 is 20.2 Å². The Hall–Kier alpha value is -3.75. The lowest BCUT2D eigenvalue weighted by molar-refractivity contribution is 0.0941. The van der Waals surface area contributed by atoms with Crippen LogP contribution in [0, 0.1) is 13.8 Å². The summed E-state index contributed by atoms with van der Waals surface area (Å²) in [6.45, 7) is 3.41. The van der Waals surface area contributed by atoms with Gasteiger partial charge in [0.1, 0.15) is 11.4 Å². The average molecular weight is 367 g/mol. The van der Waals surface area contributed by atoms with Crippen LogP contribution < -0.4 is 15.8 Å². The van der Waals surface area contributed by atoms with Crippen LogP contribution in [0.3, 0.4) is 0 Å². The predicted octanol–water partition coefficient (Wildman–Crippen LogP) is 2.14. The van der Waals surface area contributed by atoms with Crippen LogP contribution in [0.5, 0.6) is 5.75 Å². The Morgan fingerprint density at radius 3 is 2.56 bits per heavy atom. The Labute approximate surface area is 154 Å². The molecule has 0 aliphatic rings. The van der Waals surface area contributed by atoms with Crippen molar-refractivity contribution in [1.29, 1.82) is 0 Å². The van der Waals surface area contributed by atoms with E-state index in [1.165, 1.54) is 0 Å². The van der Waals surface area contributed by atoms with Gasteiger partial charge in [0.05, 0.1) is 6.54 Å². The number of benzene rings is 1. The highest BCUT2D eigenvalue weighted by atomic mass is 16.5. The van der Waals surface area contributed by atoms with Crippen LogP contribution in [-0.2, 0) is 6.54 Å². The maximum atomic E-state index is 12.6. The highest BCUT2D eigenvalue weighted by Crippen LogP contribution is 2.30. The highest BCUT2D eigenvalue weighted by molar-refractivity contribution is 5.94. The fourth-order valence-corrected chi connectivity index (χ4v) is 2.46. The van der Waals surface area contributed by atoms with Crippen molar-refractivity contribution in [2.75, 3.05) is 0 Å². The molecular weight excluding hydrogens is 350 g/mol. The van der Waals surface area contributed by atoms with Gasteiger partial charge >= 0.3 is 6.09 Å². The van der Waals surface area contributed by atoms with Crippen LogP contribution in [0.2, 0.25) is 0 Å². The Kier molecular flexibility index (Phi) is 5.11. The van der Waals surface area contributed by atoms with Gasteiger partial charge in [-0.15, -0.1) is 10.2 Å². The van der Waals surface area contributed by atoms with Crippen molar-refractivity contribution < 1.29 is 18.7 Å². The molecular formula is C18H17N5O4. The normalized spacial score (nSPS) is 10.4. The molecule has 0 unspecified atom stereocenters. The Balaban J connectivity index is 1.92. The molecule has 0 bridgehead atoms. The van der Waals surface area contributed by atoms with E-state index in [1.807, 2.05) is 18.2 Å². The molecule has 0 radical (unpaired) electrons. The number of nitrogens with zero attached hydrogens (tertiary/aromatic N) is 3. The average Bonchev–Trinajstić information content (AvgIpc) is 3.05. The van der Waals surface area contributed by atoms with Gasteiger partial charge in [-0.25, -0.2) is 9.78 Å². The number of rotatable bonds is 5. The van der Waals surface area contributed by atoms with E-state index in [0.717, 1.165) is 0 Å². The summed E-state index contributed by atoms with van der Waals surface area (Å²) in [5.74, 6) is 0.449. The number of hydrogen-bond donors (Lipinski definition) is 2. The van der Waals surface area contributed by atoms with Crippen LogP contribution in [0.15, 0.2) is 40.8 Å². The molecule has 0 saturated heterocycles. The molecule has 1 aromatic carbocycles. The lowest BCUT2D eigenvalue weighted by atomic mass is 10.1. The van der Waals surface area contributed by atoms with Crippen molar-refractivity contribution in [2.45, 2.75) is 20.4 Å². The van der Waals surface area contributed by atoms with Crippen molar-refractivity contribution >= 4 is 12.0 Å². The number of carbonyl (C=O) groups excluding carboxylic acids is 2. The summed E-state index contributed by atoms with van der Waals surface area (Å²) >= 11 is 0. The van der Waals surface area contributed by atoms with Crippen molar-refractivity contribution in [1.82, 2.24) is 20.5 Å². The summed E-state index contributed by atoms with van der Waals surface area (Å²) in [6.07, 6.45) is -0.961. The first-order valence-electron chi connectivity index (χ1n) is 8.05. The number of aromatic nitrogens is 3. The van der Waals surface area contributed by atoms with Gasteiger partial charge in [-0.05, 0) is 18.6 Å². The molecule has 2 heterocycles.